The number of carbonyl (C=O) groups is 1. The normalized spacial score (nSPS) is 18.9. The molecule has 7 heteroatoms. The zero-order chi connectivity index (χ0) is 14.8. The molecular formula is C14H19N5O2. The number of rotatable bonds is 3. The fraction of sp³-hybridized carbons (Fsp3) is 0.500. The van der Waals surface area contributed by atoms with Crippen LogP contribution in [0.15, 0.2) is 12.3 Å². The lowest BCUT2D eigenvalue weighted by Crippen LogP contribution is -2.40. The van der Waals surface area contributed by atoms with Gasteiger partial charge in [-0.2, -0.15) is 5.10 Å². The monoisotopic (exact) mass is 289 g/mol. The molecule has 0 bridgehead atoms. The van der Waals surface area contributed by atoms with Crippen molar-refractivity contribution in [1.82, 2.24) is 20.1 Å². The molecule has 1 fully saturated rings. The summed E-state index contributed by atoms with van der Waals surface area (Å²) in [7, 11) is 1.86. The minimum Gasteiger partial charge on any atom is -0.375 e. The van der Waals surface area contributed by atoms with E-state index in [0.717, 1.165) is 23.3 Å². The molecule has 1 atom stereocenters. The number of hydrogen-bond donors (Lipinski definition) is 2. The van der Waals surface area contributed by atoms with Crippen molar-refractivity contribution in [3.8, 4) is 0 Å². The first-order chi connectivity index (χ1) is 10.1. The van der Waals surface area contributed by atoms with Crippen molar-refractivity contribution in [2.24, 2.45) is 7.05 Å². The van der Waals surface area contributed by atoms with Crippen LogP contribution in [-0.4, -0.2) is 46.5 Å². The number of pyridine rings is 1. The highest BCUT2D eigenvalue weighted by Crippen LogP contribution is 2.19. The standard InChI is InChI=1S/C14H19N5O2/c1-9-12-5-10(7-16-14(12)19(2)18-9)17-13(20)6-11-8-15-3-4-21-11/h5,7,11,15H,3-4,6,8H2,1-2H3,(H,17,20). The molecule has 2 aromatic rings. The SMILES string of the molecule is Cc1nn(C)c2ncc(NC(=O)CC3CNCCO3)cc12. The lowest BCUT2D eigenvalue weighted by atomic mass is 10.2. The predicted molar refractivity (Wildman–Crippen MR) is 79.1 cm³/mol. The fourth-order valence-corrected chi connectivity index (χ4v) is 2.55. The van der Waals surface area contributed by atoms with E-state index in [9.17, 15) is 4.79 Å². The van der Waals surface area contributed by atoms with Gasteiger partial charge in [-0.3, -0.25) is 9.48 Å². The minimum absolute atomic E-state index is 0.0597. The molecule has 3 heterocycles. The number of aryl methyl sites for hydroxylation is 2. The minimum atomic E-state index is -0.0635. The summed E-state index contributed by atoms with van der Waals surface area (Å²) in [5, 5.41) is 11.3. The Morgan fingerprint density at radius 3 is 3.24 bits per heavy atom. The zero-order valence-corrected chi connectivity index (χ0v) is 12.2. The summed E-state index contributed by atoms with van der Waals surface area (Å²) in [5.74, 6) is -0.0635. The maximum atomic E-state index is 12.0. The van der Waals surface area contributed by atoms with Crippen LogP contribution >= 0.6 is 0 Å². The van der Waals surface area contributed by atoms with Crippen molar-refractivity contribution in [3.05, 3.63) is 18.0 Å². The van der Waals surface area contributed by atoms with Crippen molar-refractivity contribution in [3.63, 3.8) is 0 Å². The molecule has 1 aliphatic rings. The van der Waals surface area contributed by atoms with E-state index in [1.165, 1.54) is 0 Å². The second kappa shape index (κ2) is 5.79. The molecule has 0 saturated carbocycles. The first-order valence-corrected chi connectivity index (χ1v) is 7.05. The number of amides is 1. The third-order valence-corrected chi connectivity index (χ3v) is 3.56. The van der Waals surface area contributed by atoms with Crippen molar-refractivity contribution in [2.45, 2.75) is 19.4 Å². The summed E-state index contributed by atoms with van der Waals surface area (Å²) in [6, 6.07) is 1.91. The highest BCUT2D eigenvalue weighted by molar-refractivity contribution is 5.93. The molecule has 21 heavy (non-hydrogen) atoms. The van der Waals surface area contributed by atoms with Gasteiger partial charge in [-0.1, -0.05) is 0 Å². The second-order valence-corrected chi connectivity index (χ2v) is 5.25. The van der Waals surface area contributed by atoms with E-state index in [-0.39, 0.29) is 12.0 Å². The van der Waals surface area contributed by atoms with Gasteiger partial charge in [0.15, 0.2) is 5.65 Å². The lowest BCUT2D eigenvalue weighted by molar-refractivity contribution is -0.119. The third kappa shape index (κ3) is 3.03. The molecule has 7 nitrogen and oxygen atoms in total. The lowest BCUT2D eigenvalue weighted by Gasteiger charge is -2.23. The number of hydrogen-bond acceptors (Lipinski definition) is 5. The van der Waals surface area contributed by atoms with Crippen LogP contribution in [0.1, 0.15) is 12.1 Å². The Morgan fingerprint density at radius 1 is 1.62 bits per heavy atom. The van der Waals surface area contributed by atoms with Crippen LogP contribution in [0.5, 0.6) is 0 Å². The highest BCUT2D eigenvalue weighted by atomic mass is 16.5. The molecule has 1 amide bonds. The van der Waals surface area contributed by atoms with Crippen LogP contribution in [0.3, 0.4) is 0 Å². The van der Waals surface area contributed by atoms with Crippen LogP contribution in [0.4, 0.5) is 5.69 Å². The number of nitrogens with zero attached hydrogens (tertiary/aromatic N) is 3. The van der Waals surface area contributed by atoms with Gasteiger partial charge in [0.25, 0.3) is 0 Å². The fourth-order valence-electron chi connectivity index (χ4n) is 2.55. The molecule has 0 radical (unpaired) electrons. The van der Waals surface area contributed by atoms with Crippen LogP contribution in [0, 0.1) is 6.92 Å². The molecule has 1 unspecified atom stereocenters. The molecule has 2 N–H and O–H groups in total. The van der Waals surface area contributed by atoms with E-state index in [0.29, 0.717) is 25.3 Å². The molecule has 1 saturated heterocycles. The van der Waals surface area contributed by atoms with E-state index in [1.54, 1.807) is 10.9 Å². The van der Waals surface area contributed by atoms with E-state index in [2.05, 4.69) is 20.7 Å². The van der Waals surface area contributed by atoms with E-state index >= 15 is 0 Å². The van der Waals surface area contributed by atoms with Crippen molar-refractivity contribution in [2.75, 3.05) is 25.0 Å². The van der Waals surface area contributed by atoms with Crippen LogP contribution < -0.4 is 10.6 Å². The Labute approximate surface area is 122 Å². The summed E-state index contributed by atoms with van der Waals surface area (Å²) < 4.78 is 7.26. The Balaban J connectivity index is 1.69. The average Bonchev–Trinajstić information content (AvgIpc) is 2.74. The quantitative estimate of drug-likeness (QED) is 0.864. The number of morpholine rings is 1. The predicted octanol–water partition coefficient (Wildman–Crippen LogP) is 0.594. The van der Waals surface area contributed by atoms with Gasteiger partial charge in [-0.15, -0.1) is 0 Å². The van der Waals surface area contributed by atoms with Gasteiger partial charge in [-0.05, 0) is 13.0 Å². The Morgan fingerprint density at radius 2 is 2.48 bits per heavy atom. The average molecular weight is 289 g/mol. The molecule has 0 aliphatic carbocycles. The largest absolute Gasteiger partial charge is 0.375 e. The second-order valence-electron chi connectivity index (χ2n) is 5.25. The van der Waals surface area contributed by atoms with Gasteiger partial charge in [0.1, 0.15) is 0 Å². The van der Waals surface area contributed by atoms with Gasteiger partial charge in [0.2, 0.25) is 5.91 Å². The smallest absolute Gasteiger partial charge is 0.227 e. The summed E-state index contributed by atoms with van der Waals surface area (Å²) in [5.41, 5.74) is 2.40. The Hall–Kier alpha value is -1.99. The maximum absolute atomic E-state index is 12.0. The third-order valence-electron chi connectivity index (χ3n) is 3.56. The molecule has 2 aromatic heterocycles. The molecular weight excluding hydrogens is 270 g/mol. The van der Waals surface area contributed by atoms with Gasteiger partial charge >= 0.3 is 0 Å². The number of aromatic nitrogens is 3. The Bertz CT molecular complexity index is 661. The number of ether oxygens (including phenoxy) is 1. The van der Waals surface area contributed by atoms with Gasteiger partial charge < -0.3 is 15.4 Å². The first kappa shape index (κ1) is 14.0. The van der Waals surface area contributed by atoms with Crippen LogP contribution in [-0.2, 0) is 16.6 Å². The summed E-state index contributed by atoms with van der Waals surface area (Å²) in [6.07, 6.45) is 1.94. The number of fused-ring (bicyclic) bond motifs is 1. The summed E-state index contributed by atoms with van der Waals surface area (Å²) in [4.78, 5) is 16.4. The zero-order valence-electron chi connectivity index (χ0n) is 12.2. The van der Waals surface area contributed by atoms with Crippen molar-refractivity contribution >= 4 is 22.6 Å². The van der Waals surface area contributed by atoms with Gasteiger partial charge in [0, 0.05) is 25.5 Å². The molecule has 0 spiro atoms. The first-order valence-electron chi connectivity index (χ1n) is 7.05. The highest BCUT2D eigenvalue weighted by Gasteiger charge is 2.17. The molecule has 1 aliphatic heterocycles. The Kier molecular flexibility index (Phi) is 3.85. The number of anilines is 1. The molecule has 0 aromatic carbocycles. The summed E-state index contributed by atoms with van der Waals surface area (Å²) in [6.45, 7) is 4.14. The van der Waals surface area contributed by atoms with E-state index in [4.69, 9.17) is 4.74 Å². The van der Waals surface area contributed by atoms with E-state index < -0.39 is 0 Å². The number of nitrogens with one attached hydrogen (secondary N) is 2. The van der Waals surface area contributed by atoms with Crippen LogP contribution in [0.25, 0.3) is 11.0 Å². The van der Waals surface area contributed by atoms with E-state index in [1.807, 2.05) is 20.0 Å². The van der Waals surface area contributed by atoms with Crippen molar-refractivity contribution in [1.29, 1.82) is 0 Å². The van der Waals surface area contributed by atoms with Crippen molar-refractivity contribution < 1.29 is 9.53 Å². The molecule has 3 rings (SSSR count). The van der Waals surface area contributed by atoms with Crippen LogP contribution in [0.2, 0.25) is 0 Å². The molecule has 112 valence electrons. The maximum Gasteiger partial charge on any atom is 0.227 e. The van der Waals surface area contributed by atoms with Gasteiger partial charge in [0.05, 0.1) is 36.7 Å². The summed E-state index contributed by atoms with van der Waals surface area (Å²) >= 11 is 0. The number of carbonyl (C=O) groups excluding carboxylic acids is 1. The van der Waals surface area contributed by atoms with Gasteiger partial charge in [-0.25, -0.2) is 4.98 Å². The topological polar surface area (TPSA) is 81.1 Å².